The predicted octanol–water partition coefficient (Wildman–Crippen LogP) is 3.25. The Hall–Kier alpha value is -4.38. The van der Waals surface area contributed by atoms with Crippen molar-refractivity contribution in [1.82, 2.24) is 16.0 Å². The van der Waals surface area contributed by atoms with Crippen LogP contribution >= 0.6 is 0 Å². The number of nitrogens with zero attached hydrogens (tertiary/aromatic N) is 1. The molecule has 1 aromatic heterocycles. The highest BCUT2D eigenvalue weighted by Crippen LogP contribution is 2.23. The summed E-state index contributed by atoms with van der Waals surface area (Å²) in [6.45, 7) is 3.99. The summed E-state index contributed by atoms with van der Waals surface area (Å²) >= 11 is 0. The lowest BCUT2D eigenvalue weighted by Crippen LogP contribution is -2.48. The Balaban J connectivity index is 1.66. The van der Waals surface area contributed by atoms with Gasteiger partial charge in [-0.3, -0.25) is 14.4 Å². The van der Waals surface area contributed by atoms with Gasteiger partial charge in [-0.25, -0.2) is 0 Å². The molecule has 34 heavy (non-hydrogen) atoms. The van der Waals surface area contributed by atoms with Gasteiger partial charge in [0, 0.05) is 24.7 Å². The Morgan fingerprint density at radius 1 is 1.00 bits per heavy atom. The number of likely N-dealkylation sites (N-methyl/N-ethyl adjacent to an activating group) is 1. The fourth-order valence-electron chi connectivity index (χ4n) is 3.33. The Labute approximate surface area is 198 Å². The van der Waals surface area contributed by atoms with E-state index < -0.39 is 11.9 Å². The molecule has 0 aliphatic heterocycles. The van der Waals surface area contributed by atoms with Crippen LogP contribution in [0.5, 0.6) is 0 Å². The van der Waals surface area contributed by atoms with E-state index >= 15 is 0 Å². The molecular formula is C26H26N4O4. The van der Waals surface area contributed by atoms with Gasteiger partial charge in [0.1, 0.15) is 11.8 Å². The third-order valence-electron chi connectivity index (χ3n) is 5.25. The second kappa shape index (κ2) is 11.0. The first-order valence-corrected chi connectivity index (χ1v) is 10.8. The predicted molar refractivity (Wildman–Crippen MR) is 127 cm³/mol. The van der Waals surface area contributed by atoms with Crippen LogP contribution in [0.15, 0.2) is 65.1 Å². The first-order valence-electron chi connectivity index (χ1n) is 10.8. The standard InChI is InChI=1S/C26H26N4O4/c1-16(2)23(26(33)28-3)30-25(32)22-12-11-21(34-22)20-6-4-5-18(13-20)15-29-24(31)19-9-7-17(14-27)8-10-19/h4-13,16,23H,15H2,1-3H3,(H,28,33)(H,29,31)(H,30,32). The number of hydrogen-bond acceptors (Lipinski definition) is 5. The molecular weight excluding hydrogens is 432 g/mol. The van der Waals surface area contributed by atoms with Crippen LogP contribution in [0.1, 0.15) is 45.9 Å². The van der Waals surface area contributed by atoms with Gasteiger partial charge < -0.3 is 20.4 Å². The SMILES string of the molecule is CNC(=O)C(NC(=O)c1ccc(-c2cccc(CNC(=O)c3ccc(C#N)cc3)c2)o1)C(C)C. The van der Waals surface area contributed by atoms with E-state index in [0.717, 1.165) is 11.1 Å². The lowest BCUT2D eigenvalue weighted by Gasteiger charge is -2.19. The molecule has 0 fully saturated rings. The molecule has 3 rings (SSSR count). The highest BCUT2D eigenvalue weighted by Gasteiger charge is 2.25. The second-order valence-electron chi connectivity index (χ2n) is 8.05. The largest absolute Gasteiger partial charge is 0.451 e. The molecule has 1 unspecified atom stereocenters. The number of benzene rings is 2. The molecule has 0 saturated carbocycles. The van der Waals surface area contributed by atoms with Gasteiger partial charge in [-0.05, 0) is 53.9 Å². The van der Waals surface area contributed by atoms with Gasteiger partial charge in [-0.1, -0.05) is 32.0 Å². The van der Waals surface area contributed by atoms with Crippen LogP contribution in [0, 0.1) is 17.2 Å². The number of carbonyl (C=O) groups excluding carboxylic acids is 3. The summed E-state index contributed by atoms with van der Waals surface area (Å²) in [4.78, 5) is 37.0. The quantitative estimate of drug-likeness (QED) is 0.478. The fraction of sp³-hybridized carbons (Fsp3) is 0.231. The van der Waals surface area contributed by atoms with E-state index in [1.54, 1.807) is 36.4 Å². The van der Waals surface area contributed by atoms with Crippen LogP contribution in [-0.4, -0.2) is 30.8 Å². The van der Waals surface area contributed by atoms with Gasteiger partial charge >= 0.3 is 0 Å². The molecule has 3 amide bonds. The Bertz CT molecular complexity index is 1220. The van der Waals surface area contributed by atoms with Crippen LogP contribution in [0.4, 0.5) is 0 Å². The topological polar surface area (TPSA) is 124 Å². The van der Waals surface area contributed by atoms with Crippen molar-refractivity contribution in [3.63, 3.8) is 0 Å². The van der Waals surface area contributed by atoms with Gasteiger partial charge in [-0.2, -0.15) is 5.26 Å². The summed E-state index contributed by atoms with van der Waals surface area (Å²) in [6.07, 6.45) is 0. The van der Waals surface area contributed by atoms with Gasteiger partial charge in [-0.15, -0.1) is 0 Å². The van der Waals surface area contributed by atoms with Crippen molar-refractivity contribution in [3.8, 4) is 17.4 Å². The molecule has 0 spiro atoms. The van der Waals surface area contributed by atoms with E-state index in [1.807, 2.05) is 44.2 Å². The molecule has 0 radical (unpaired) electrons. The summed E-state index contributed by atoms with van der Waals surface area (Å²) in [6, 6.07) is 18.4. The third-order valence-corrected chi connectivity index (χ3v) is 5.25. The number of nitrogens with one attached hydrogen (secondary N) is 3. The minimum absolute atomic E-state index is 0.0884. The Kier molecular flexibility index (Phi) is 7.83. The third kappa shape index (κ3) is 5.90. The maximum atomic E-state index is 12.6. The molecule has 0 bridgehead atoms. The van der Waals surface area contributed by atoms with Crippen LogP contribution in [0.2, 0.25) is 0 Å². The maximum Gasteiger partial charge on any atom is 0.287 e. The summed E-state index contributed by atoms with van der Waals surface area (Å²) in [5.74, 6) is -0.488. The number of furan rings is 1. The van der Waals surface area contributed by atoms with Gasteiger partial charge in [0.2, 0.25) is 5.91 Å². The molecule has 8 nitrogen and oxygen atoms in total. The van der Waals surface area contributed by atoms with Crippen LogP contribution < -0.4 is 16.0 Å². The van der Waals surface area contributed by atoms with Crippen molar-refractivity contribution < 1.29 is 18.8 Å². The van der Waals surface area contributed by atoms with E-state index in [2.05, 4.69) is 16.0 Å². The number of nitriles is 1. The van der Waals surface area contributed by atoms with Crippen molar-refractivity contribution in [2.24, 2.45) is 5.92 Å². The molecule has 1 heterocycles. The molecule has 174 valence electrons. The van der Waals surface area contributed by atoms with Crippen LogP contribution in [-0.2, 0) is 11.3 Å². The zero-order chi connectivity index (χ0) is 24.7. The maximum absolute atomic E-state index is 12.6. The highest BCUT2D eigenvalue weighted by atomic mass is 16.4. The van der Waals surface area contributed by atoms with E-state index in [1.165, 1.54) is 7.05 Å². The molecule has 8 heteroatoms. The van der Waals surface area contributed by atoms with Crippen molar-refractivity contribution in [2.75, 3.05) is 7.05 Å². The van der Waals surface area contributed by atoms with Crippen molar-refractivity contribution in [2.45, 2.75) is 26.4 Å². The van der Waals surface area contributed by atoms with Crippen LogP contribution in [0.25, 0.3) is 11.3 Å². The smallest absolute Gasteiger partial charge is 0.287 e. The molecule has 2 aromatic carbocycles. The Morgan fingerprint density at radius 2 is 1.74 bits per heavy atom. The average molecular weight is 459 g/mol. The second-order valence-corrected chi connectivity index (χ2v) is 8.05. The van der Waals surface area contributed by atoms with E-state index in [4.69, 9.17) is 9.68 Å². The lowest BCUT2D eigenvalue weighted by molar-refractivity contribution is -0.123. The lowest BCUT2D eigenvalue weighted by atomic mass is 10.0. The van der Waals surface area contributed by atoms with Crippen LogP contribution in [0.3, 0.4) is 0 Å². The normalized spacial score (nSPS) is 11.4. The zero-order valence-corrected chi connectivity index (χ0v) is 19.2. The van der Waals surface area contributed by atoms with Gasteiger partial charge in [0.05, 0.1) is 11.6 Å². The van der Waals surface area contributed by atoms with Crippen molar-refractivity contribution in [1.29, 1.82) is 5.26 Å². The van der Waals surface area contributed by atoms with Crippen molar-refractivity contribution in [3.05, 3.63) is 83.1 Å². The van der Waals surface area contributed by atoms with E-state index in [9.17, 15) is 14.4 Å². The zero-order valence-electron chi connectivity index (χ0n) is 19.2. The minimum Gasteiger partial charge on any atom is -0.451 e. The first kappa shape index (κ1) is 24.3. The van der Waals surface area contributed by atoms with Gasteiger partial charge in [0.25, 0.3) is 11.8 Å². The Morgan fingerprint density at radius 3 is 2.38 bits per heavy atom. The summed E-state index contributed by atoms with van der Waals surface area (Å²) in [5.41, 5.74) is 2.55. The molecule has 0 saturated heterocycles. The number of rotatable bonds is 8. The fourth-order valence-corrected chi connectivity index (χ4v) is 3.33. The molecule has 0 aliphatic rings. The van der Waals surface area contributed by atoms with E-state index in [0.29, 0.717) is 23.4 Å². The molecule has 3 N–H and O–H groups in total. The monoisotopic (exact) mass is 458 g/mol. The average Bonchev–Trinajstić information content (AvgIpc) is 3.36. The molecule has 0 aliphatic carbocycles. The number of amides is 3. The summed E-state index contributed by atoms with van der Waals surface area (Å²) in [5, 5.41) is 17.0. The molecule has 3 aromatic rings. The first-order chi connectivity index (χ1) is 16.3. The summed E-state index contributed by atoms with van der Waals surface area (Å²) in [7, 11) is 1.52. The number of hydrogen-bond donors (Lipinski definition) is 3. The molecule has 1 atom stereocenters. The van der Waals surface area contributed by atoms with Gasteiger partial charge in [0.15, 0.2) is 5.76 Å². The van der Waals surface area contributed by atoms with E-state index in [-0.39, 0.29) is 23.5 Å². The highest BCUT2D eigenvalue weighted by molar-refractivity contribution is 5.96. The minimum atomic E-state index is -0.672. The van der Waals surface area contributed by atoms with Crippen molar-refractivity contribution >= 4 is 17.7 Å². The summed E-state index contributed by atoms with van der Waals surface area (Å²) < 4.78 is 5.74. The number of carbonyl (C=O) groups is 3.